The second kappa shape index (κ2) is 6.01. The van der Waals surface area contributed by atoms with Gasteiger partial charge in [-0.3, -0.25) is 0 Å². The van der Waals surface area contributed by atoms with Crippen molar-refractivity contribution in [2.45, 2.75) is 38.2 Å². The van der Waals surface area contributed by atoms with Gasteiger partial charge >= 0.3 is 5.97 Å². The second-order valence-corrected chi connectivity index (χ2v) is 4.96. The minimum atomic E-state index is -0.406. The van der Waals surface area contributed by atoms with Gasteiger partial charge in [-0.25, -0.2) is 4.79 Å². The summed E-state index contributed by atoms with van der Waals surface area (Å²) in [4.78, 5) is 11.3. The Morgan fingerprint density at radius 2 is 1.83 bits per heavy atom. The van der Waals surface area contributed by atoms with E-state index in [9.17, 15) is 9.90 Å². The lowest BCUT2D eigenvalue weighted by Crippen LogP contribution is -2.16. The van der Waals surface area contributed by atoms with E-state index in [0.717, 1.165) is 18.4 Å². The van der Waals surface area contributed by atoms with E-state index in [-0.39, 0.29) is 5.97 Å². The van der Waals surface area contributed by atoms with E-state index in [1.165, 1.54) is 26.4 Å². The van der Waals surface area contributed by atoms with Crippen molar-refractivity contribution < 1.29 is 14.6 Å². The Bertz CT molecular complexity index is 391. The van der Waals surface area contributed by atoms with E-state index in [2.05, 4.69) is 4.74 Å². The molecule has 1 saturated carbocycles. The zero-order valence-corrected chi connectivity index (χ0v) is 10.8. The van der Waals surface area contributed by atoms with Crippen LogP contribution in [-0.2, 0) is 4.74 Å². The highest BCUT2D eigenvalue weighted by atomic mass is 16.5. The fourth-order valence-electron chi connectivity index (χ4n) is 2.66. The number of ether oxygens (including phenoxy) is 1. The summed E-state index contributed by atoms with van der Waals surface area (Å²) in [5.41, 5.74) is 1.42. The number of esters is 1. The molecule has 0 aromatic heterocycles. The fourth-order valence-corrected chi connectivity index (χ4v) is 2.66. The van der Waals surface area contributed by atoms with Crippen LogP contribution in [0.5, 0.6) is 0 Å². The van der Waals surface area contributed by atoms with Gasteiger partial charge in [-0.2, -0.15) is 0 Å². The molecule has 1 aliphatic rings. The average Bonchev–Trinajstić information content (AvgIpc) is 2.47. The number of carbonyl (C=O) groups is 1. The Hall–Kier alpha value is -1.35. The van der Waals surface area contributed by atoms with Crippen molar-refractivity contribution in [1.82, 2.24) is 0 Å². The van der Waals surface area contributed by atoms with Crippen LogP contribution in [0.15, 0.2) is 24.3 Å². The van der Waals surface area contributed by atoms with Crippen LogP contribution >= 0.6 is 0 Å². The van der Waals surface area contributed by atoms with Crippen LogP contribution in [0, 0.1) is 5.92 Å². The third-order valence-corrected chi connectivity index (χ3v) is 3.77. The molecule has 2 rings (SSSR count). The van der Waals surface area contributed by atoms with Crippen LogP contribution in [0.4, 0.5) is 0 Å². The highest BCUT2D eigenvalue weighted by molar-refractivity contribution is 5.89. The van der Waals surface area contributed by atoms with E-state index < -0.39 is 6.10 Å². The topological polar surface area (TPSA) is 46.5 Å². The highest BCUT2D eigenvalue weighted by Gasteiger charge is 2.23. The van der Waals surface area contributed by atoms with Crippen molar-refractivity contribution in [3.05, 3.63) is 35.4 Å². The third-order valence-electron chi connectivity index (χ3n) is 3.77. The first-order valence-corrected chi connectivity index (χ1v) is 6.58. The van der Waals surface area contributed by atoms with Gasteiger partial charge in [0.15, 0.2) is 0 Å². The average molecular weight is 248 g/mol. The normalized spacial score (nSPS) is 18.3. The number of benzene rings is 1. The zero-order valence-electron chi connectivity index (χ0n) is 10.8. The van der Waals surface area contributed by atoms with Crippen molar-refractivity contribution in [3.63, 3.8) is 0 Å². The number of rotatable bonds is 3. The van der Waals surface area contributed by atoms with E-state index in [1.807, 2.05) is 12.1 Å². The third kappa shape index (κ3) is 2.91. The van der Waals surface area contributed by atoms with Crippen LogP contribution in [0.3, 0.4) is 0 Å². The van der Waals surface area contributed by atoms with E-state index in [4.69, 9.17) is 0 Å². The summed E-state index contributed by atoms with van der Waals surface area (Å²) in [7, 11) is 1.37. The standard InChI is InChI=1S/C15H20O3/c1-18-15(17)13-9-7-12(8-10-13)14(16)11-5-3-2-4-6-11/h7-11,14,16H,2-6H2,1H3. The van der Waals surface area contributed by atoms with Crippen LogP contribution in [0.25, 0.3) is 0 Å². The first kappa shape index (κ1) is 13.1. The van der Waals surface area contributed by atoms with Crippen LogP contribution in [-0.4, -0.2) is 18.2 Å². The van der Waals surface area contributed by atoms with E-state index >= 15 is 0 Å². The molecule has 98 valence electrons. The molecule has 0 saturated heterocycles. The Labute approximate surface area is 108 Å². The van der Waals surface area contributed by atoms with Crippen molar-refractivity contribution >= 4 is 5.97 Å². The molecule has 1 aliphatic carbocycles. The van der Waals surface area contributed by atoms with E-state index in [1.54, 1.807) is 12.1 Å². The lowest BCUT2D eigenvalue weighted by molar-refractivity contribution is 0.0600. The Morgan fingerprint density at radius 1 is 1.22 bits per heavy atom. The van der Waals surface area contributed by atoms with Crippen LogP contribution < -0.4 is 0 Å². The van der Waals surface area contributed by atoms with Gasteiger partial charge in [0.25, 0.3) is 0 Å². The molecule has 3 heteroatoms. The van der Waals surface area contributed by atoms with Gasteiger partial charge in [-0.1, -0.05) is 31.4 Å². The zero-order chi connectivity index (χ0) is 13.0. The van der Waals surface area contributed by atoms with E-state index in [0.29, 0.717) is 11.5 Å². The molecular weight excluding hydrogens is 228 g/mol. The lowest BCUT2D eigenvalue weighted by atomic mass is 9.82. The molecule has 3 nitrogen and oxygen atoms in total. The predicted octanol–water partition coefficient (Wildman–Crippen LogP) is 3.09. The molecule has 1 aromatic rings. The quantitative estimate of drug-likeness (QED) is 0.836. The summed E-state index contributed by atoms with van der Waals surface area (Å²) in [5, 5.41) is 10.3. The van der Waals surface area contributed by atoms with Crippen LogP contribution in [0.2, 0.25) is 0 Å². The summed E-state index contributed by atoms with van der Waals surface area (Å²) < 4.78 is 4.65. The maximum Gasteiger partial charge on any atom is 0.337 e. The summed E-state index contributed by atoms with van der Waals surface area (Å²) in [6.07, 6.45) is 5.49. The molecule has 18 heavy (non-hydrogen) atoms. The largest absolute Gasteiger partial charge is 0.465 e. The van der Waals surface area contributed by atoms with Crippen molar-refractivity contribution in [1.29, 1.82) is 0 Å². The summed E-state index contributed by atoms with van der Waals surface area (Å²) >= 11 is 0. The summed E-state index contributed by atoms with van der Waals surface area (Å²) in [5.74, 6) is 0.0245. The molecule has 0 aliphatic heterocycles. The number of aliphatic hydroxyl groups is 1. The number of methoxy groups -OCH3 is 1. The molecule has 1 aromatic carbocycles. The van der Waals surface area contributed by atoms with Gasteiger partial charge in [0.2, 0.25) is 0 Å². The smallest absolute Gasteiger partial charge is 0.337 e. The number of hydrogen-bond acceptors (Lipinski definition) is 3. The Balaban J connectivity index is 2.06. The molecule has 0 spiro atoms. The maximum atomic E-state index is 11.3. The monoisotopic (exact) mass is 248 g/mol. The Morgan fingerprint density at radius 3 is 2.39 bits per heavy atom. The number of aliphatic hydroxyl groups excluding tert-OH is 1. The molecule has 1 atom stereocenters. The van der Waals surface area contributed by atoms with Gasteiger partial charge in [-0.05, 0) is 36.5 Å². The predicted molar refractivity (Wildman–Crippen MR) is 69.3 cm³/mol. The minimum Gasteiger partial charge on any atom is -0.465 e. The second-order valence-electron chi connectivity index (χ2n) is 4.96. The van der Waals surface area contributed by atoms with Gasteiger partial charge in [0, 0.05) is 0 Å². The molecule has 0 amide bonds. The van der Waals surface area contributed by atoms with Crippen molar-refractivity contribution in [3.8, 4) is 0 Å². The lowest BCUT2D eigenvalue weighted by Gasteiger charge is -2.26. The number of hydrogen-bond donors (Lipinski definition) is 1. The first-order valence-electron chi connectivity index (χ1n) is 6.58. The van der Waals surface area contributed by atoms with Crippen molar-refractivity contribution in [2.24, 2.45) is 5.92 Å². The highest BCUT2D eigenvalue weighted by Crippen LogP contribution is 2.34. The minimum absolute atomic E-state index is 0.339. The van der Waals surface area contributed by atoms with Gasteiger partial charge < -0.3 is 9.84 Å². The first-order chi connectivity index (χ1) is 8.72. The van der Waals surface area contributed by atoms with Crippen molar-refractivity contribution in [2.75, 3.05) is 7.11 Å². The SMILES string of the molecule is COC(=O)c1ccc(C(O)C2CCCCC2)cc1. The maximum absolute atomic E-state index is 11.3. The molecule has 0 heterocycles. The van der Waals surface area contributed by atoms with Gasteiger partial charge in [0.1, 0.15) is 0 Å². The van der Waals surface area contributed by atoms with Crippen LogP contribution in [0.1, 0.15) is 54.1 Å². The Kier molecular flexibility index (Phi) is 4.37. The number of carbonyl (C=O) groups excluding carboxylic acids is 1. The molecular formula is C15H20O3. The molecule has 0 bridgehead atoms. The molecule has 1 unspecified atom stereocenters. The fraction of sp³-hybridized carbons (Fsp3) is 0.533. The van der Waals surface area contributed by atoms with Gasteiger partial charge in [0.05, 0.1) is 18.8 Å². The van der Waals surface area contributed by atoms with Gasteiger partial charge in [-0.15, -0.1) is 0 Å². The molecule has 1 N–H and O–H groups in total. The summed E-state index contributed by atoms with van der Waals surface area (Å²) in [6, 6.07) is 7.08. The summed E-state index contributed by atoms with van der Waals surface area (Å²) in [6.45, 7) is 0. The molecule has 0 radical (unpaired) electrons. The molecule has 1 fully saturated rings.